The van der Waals surface area contributed by atoms with Crippen LogP contribution in [0.25, 0.3) is 0 Å². The van der Waals surface area contributed by atoms with Gasteiger partial charge in [0.05, 0.1) is 59.2 Å². The first-order valence-electron chi connectivity index (χ1n) is 28.7. The van der Waals surface area contributed by atoms with Gasteiger partial charge >= 0.3 is 42.9 Å². The molecule has 0 spiro atoms. The van der Waals surface area contributed by atoms with Gasteiger partial charge in [0.25, 0.3) is 5.91 Å². The molecular formula is C61H81N15O15. The van der Waals surface area contributed by atoms with Crippen LogP contribution in [0.1, 0.15) is 175 Å². The molecule has 0 saturated heterocycles. The highest BCUT2D eigenvalue weighted by Gasteiger charge is 2.54. The van der Waals surface area contributed by atoms with Gasteiger partial charge in [0.15, 0.2) is 11.6 Å². The number of nitrogens with one attached hydrogen (secondary N) is 2. The summed E-state index contributed by atoms with van der Waals surface area (Å²) in [6, 6.07) is 0. The van der Waals surface area contributed by atoms with Crippen molar-refractivity contribution in [3.8, 4) is 0 Å². The maximum absolute atomic E-state index is 13.4. The lowest BCUT2D eigenvalue weighted by Gasteiger charge is -2.31. The molecule has 490 valence electrons. The Bertz CT molecular complexity index is 3310. The molecule has 5 aromatic heterocycles. The van der Waals surface area contributed by atoms with Gasteiger partial charge in [0, 0.05) is 64.0 Å². The second-order valence-corrected chi connectivity index (χ2v) is 24.8. The zero-order chi connectivity index (χ0) is 68.8. The van der Waals surface area contributed by atoms with Crippen LogP contribution in [0, 0.1) is 27.7 Å². The van der Waals surface area contributed by atoms with Gasteiger partial charge in [-0.3, -0.25) is 24.3 Å². The highest BCUT2D eigenvalue weighted by Crippen LogP contribution is 2.51. The van der Waals surface area contributed by atoms with Crippen LogP contribution in [-0.2, 0) is 87.8 Å². The number of carbonyl (C=O) groups excluding carboxylic acids is 12. The van der Waals surface area contributed by atoms with Crippen molar-refractivity contribution in [2.24, 2.45) is 0 Å². The van der Waals surface area contributed by atoms with Gasteiger partial charge in [-0.25, -0.2) is 44.3 Å². The number of aryl methyl sites for hydroxylation is 4. The summed E-state index contributed by atoms with van der Waals surface area (Å²) >= 11 is 0. The molecule has 4 aliphatic carbocycles. The Morgan fingerprint density at radius 1 is 0.505 bits per heavy atom. The predicted octanol–water partition coefficient (Wildman–Crippen LogP) is 6.09. The zero-order valence-corrected chi connectivity index (χ0v) is 54.4. The Morgan fingerprint density at radius 2 is 0.923 bits per heavy atom. The number of nitrogens with zero attached hydrogens (tertiary/aromatic N) is 13. The number of amides is 4. The van der Waals surface area contributed by atoms with Crippen LogP contribution in [0.15, 0.2) is 55.8 Å². The molecule has 4 fully saturated rings. The van der Waals surface area contributed by atoms with Crippen LogP contribution in [0.5, 0.6) is 0 Å². The topological polar surface area (TPSA) is 387 Å². The first-order valence-corrected chi connectivity index (χ1v) is 28.7. The third-order valence-electron chi connectivity index (χ3n) is 14.0. The Balaban J connectivity index is 0.000000310. The van der Waals surface area contributed by atoms with Gasteiger partial charge in [0.1, 0.15) is 33.7 Å². The second-order valence-electron chi connectivity index (χ2n) is 24.8. The van der Waals surface area contributed by atoms with E-state index in [9.17, 15) is 19.2 Å². The lowest BCUT2D eigenvalue weighted by Crippen LogP contribution is -2.43. The molecule has 1 aliphatic heterocycles. The van der Waals surface area contributed by atoms with E-state index >= 15 is 0 Å². The second kappa shape index (κ2) is 32.7. The third kappa shape index (κ3) is 22.7. The van der Waals surface area contributed by atoms with E-state index in [2.05, 4.69) is 55.6 Å². The molecule has 10 rings (SSSR count). The van der Waals surface area contributed by atoms with Crippen LogP contribution in [-0.4, -0.2) is 158 Å². The average Bonchev–Trinajstić information content (AvgIpc) is 1.62. The lowest BCUT2D eigenvalue weighted by atomic mass is 10.1. The predicted molar refractivity (Wildman–Crippen MR) is 314 cm³/mol. The number of fused-ring (bicyclic) bond motifs is 1. The number of alkyl carbamates (subject to hydrolysis) is 1. The van der Waals surface area contributed by atoms with Crippen LogP contribution < -0.4 is 10.6 Å². The normalized spacial score (nSPS) is 15.5. The van der Waals surface area contributed by atoms with E-state index in [-0.39, 0.29) is 53.8 Å². The van der Waals surface area contributed by atoms with E-state index < -0.39 is 34.0 Å². The number of hydrogen-bond acceptors (Lipinski definition) is 25. The molecular weight excluding hydrogens is 1180 g/mol. The minimum absolute atomic E-state index is 0.105. The minimum atomic E-state index is -0.568. The highest BCUT2D eigenvalue weighted by molar-refractivity contribution is 5.96. The third-order valence-corrected chi connectivity index (χ3v) is 14.0. The molecule has 91 heavy (non-hydrogen) atoms. The van der Waals surface area contributed by atoms with Crippen molar-refractivity contribution in [1.82, 2.24) is 75.0 Å². The number of carbonyl (C=O) groups is 4. The summed E-state index contributed by atoms with van der Waals surface area (Å²) < 4.78 is 17.9. The molecule has 0 bridgehead atoms. The quantitative estimate of drug-likeness (QED) is 0.158. The van der Waals surface area contributed by atoms with Gasteiger partial charge in [-0.1, -0.05) is 0 Å². The number of rotatable bonds is 9. The van der Waals surface area contributed by atoms with Gasteiger partial charge < -0.3 is 34.6 Å². The summed E-state index contributed by atoms with van der Waals surface area (Å²) in [5.41, 5.74) is 3.36. The average molecular weight is 1260 g/mol. The van der Waals surface area contributed by atoms with Crippen LogP contribution in [0.2, 0.25) is 0 Å². The molecule has 0 radical (unpaired) electrons. The summed E-state index contributed by atoms with van der Waals surface area (Å²) in [5.74, 6) is 2.18. The van der Waals surface area contributed by atoms with Crippen molar-refractivity contribution in [3.63, 3.8) is 0 Å². The molecule has 30 heteroatoms. The SMILES string of the molecule is CNC1(c2ncc(C)cn2)CC1.Cc1cnc(C2(N(C)C(=O)OC(C)(C)C)CC2)nc1.Cc1cnc(C2(N(C)C(=O)c3cnn4c3CN(C(=O)OC(C)(C)C)CC4)CC2)cn1.Cc1cnc(C2(NC(=O)OC(C)(C)C)CC2)nc1.O=C=O.O=C=O.O=C=O.O=C=O. The van der Waals surface area contributed by atoms with Crippen molar-refractivity contribution >= 4 is 48.8 Å². The Kier molecular flexibility index (Phi) is 27.1. The largest absolute Gasteiger partial charge is 0.444 e. The van der Waals surface area contributed by atoms with Crippen molar-refractivity contribution < 1.29 is 71.7 Å². The number of hydrogen-bond donors (Lipinski definition) is 2. The fraction of sp³-hybridized carbons (Fsp3) is 0.557. The van der Waals surface area contributed by atoms with Gasteiger partial charge in [0.2, 0.25) is 0 Å². The summed E-state index contributed by atoms with van der Waals surface area (Å²) in [6.45, 7) is 25.7. The molecule has 6 heterocycles. The van der Waals surface area contributed by atoms with Crippen molar-refractivity contribution in [2.75, 3.05) is 27.7 Å². The minimum Gasteiger partial charge on any atom is -0.444 e. The van der Waals surface area contributed by atoms with Gasteiger partial charge in [-0.2, -0.15) is 43.5 Å². The summed E-state index contributed by atoms with van der Waals surface area (Å²) in [5, 5.41) is 10.5. The summed E-state index contributed by atoms with van der Waals surface area (Å²) in [6.07, 6.45) is 23.3. The van der Waals surface area contributed by atoms with E-state index in [0.29, 0.717) is 36.8 Å². The highest BCUT2D eigenvalue weighted by atomic mass is 16.6. The molecule has 2 N–H and O–H groups in total. The molecule has 0 unspecified atom stereocenters. The first-order chi connectivity index (χ1) is 42.6. The smallest absolute Gasteiger partial charge is 0.410 e. The molecule has 0 atom stereocenters. The van der Waals surface area contributed by atoms with Crippen molar-refractivity contribution in [1.29, 1.82) is 0 Å². The Morgan fingerprint density at radius 3 is 1.30 bits per heavy atom. The van der Waals surface area contributed by atoms with E-state index in [0.717, 1.165) is 91.0 Å². The molecule has 4 amide bonds. The monoisotopic (exact) mass is 1260 g/mol. The standard InChI is InChI=1S/C21H28N6O3.C14H21N3O2.C13H19N3O2.C9H13N3.4CO2/c1-14-10-23-17(12-22-14)21(6-7-21)25(5)18(28)15-11-24-27-9-8-26(13-16(15)27)19(29)30-20(2,3)4;1-10-8-15-11(16-9-10)14(6-7-14)17(5)12(18)19-13(2,3)4;1-9-7-14-10(15-8-9)13(5-6-13)16-11(17)18-12(2,3)4;1-7-5-11-8(12-6-7)9(10-2)3-4-9;4*2-1-3/h10-12H,6-9,13H2,1-5H3;8-9H,6-7H2,1-5H3;7-8H,5-6H2,1-4H3,(H,16,17);5-6,10H,3-4H2,1-2H3;;;;. The zero-order valence-electron chi connectivity index (χ0n) is 54.4. The molecule has 4 saturated carbocycles. The number of aromatic nitrogens is 10. The van der Waals surface area contributed by atoms with Gasteiger partial charge in [-0.15, -0.1) is 0 Å². The van der Waals surface area contributed by atoms with E-state index in [1.54, 1.807) is 76.9 Å². The molecule has 5 aliphatic rings. The summed E-state index contributed by atoms with van der Waals surface area (Å²) in [4.78, 5) is 155. The van der Waals surface area contributed by atoms with E-state index in [4.69, 9.17) is 52.6 Å². The Labute approximate surface area is 527 Å². The maximum atomic E-state index is 13.4. The van der Waals surface area contributed by atoms with Crippen molar-refractivity contribution in [2.45, 2.75) is 193 Å². The lowest BCUT2D eigenvalue weighted by molar-refractivity contribution is -0.193. The van der Waals surface area contributed by atoms with Crippen molar-refractivity contribution in [3.05, 3.63) is 113 Å². The van der Waals surface area contributed by atoms with Crippen LogP contribution in [0.4, 0.5) is 14.4 Å². The molecule has 0 aromatic carbocycles. The number of ether oxygens (including phenoxy) is 3. The van der Waals surface area contributed by atoms with Crippen LogP contribution >= 0.6 is 0 Å². The van der Waals surface area contributed by atoms with Crippen LogP contribution in [0.3, 0.4) is 0 Å². The van der Waals surface area contributed by atoms with E-state index in [1.165, 1.54) is 0 Å². The fourth-order valence-corrected chi connectivity index (χ4v) is 8.78. The maximum Gasteiger partial charge on any atom is 0.410 e. The first kappa shape index (κ1) is 75.5. The molecule has 5 aromatic rings. The van der Waals surface area contributed by atoms with Gasteiger partial charge in [-0.05, 0) is 165 Å². The summed E-state index contributed by atoms with van der Waals surface area (Å²) in [7, 11) is 5.52. The molecule has 30 nitrogen and oxygen atoms in total. The fourth-order valence-electron chi connectivity index (χ4n) is 8.78. The van der Waals surface area contributed by atoms with E-state index in [1.807, 2.05) is 109 Å². The Hall–Kier alpha value is -9.71.